The number of nitrogens with zero attached hydrogens (tertiary/aromatic N) is 4. The van der Waals surface area contributed by atoms with Gasteiger partial charge in [0.25, 0.3) is 5.91 Å². The molecule has 0 saturated carbocycles. The number of hydrogen-bond acceptors (Lipinski definition) is 4. The molecule has 2 aromatic carbocycles. The van der Waals surface area contributed by atoms with Gasteiger partial charge in [-0.15, -0.1) is 0 Å². The minimum Gasteiger partial charge on any atom is -0.351 e. The van der Waals surface area contributed by atoms with Crippen LogP contribution in [0.15, 0.2) is 53.5 Å². The van der Waals surface area contributed by atoms with E-state index in [1.807, 2.05) is 43.3 Å². The van der Waals surface area contributed by atoms with Crippen molar-refractivity contribution in [1.82, 2.24) is 4.90 Å². The molecule has 2 aromatic rings. The molecule has 180 valence electrons. The number of urea groups is 1. The molecule has 0 bridgehead atoms. The second-order valence-corrected chi connectivity index (χ2v) is 9.87. The lowest BCUT2D eigenvalue weighted by atomic mass is 9.87. The smallest absolute Gasteiger partial charge is 0.321 e. The van der Waals surface area contributed by atoms with Crippen molar-refractivity contribution in [2.24, 2.45) is 22.6 Å². The number of carbonyl (C=O) groups is 2. The fourth-order valence-corrected chi connectivity index (χ4v) is 4.94. The Hall–Kier alpha value is -3.19. The number of para-hydroxylation sites is 1. The Balaban J connectivity index is 1.89. The van der Waals surface area contributed by atoms with E-state index in [4.69, 9.17) is 10.7 Å². The van der Waals surface area contributed by atoms with Crippen molar-refractivity contribution in [2.45, 2.75) is 39.8 Å². The Kier molecular flexibility index (Phi) is 7.03. The van der Waals surface area contributed by atoms with Gasteiger partial charge in [0.15, 0.2) is 0 Å². The summed E-state index contributed by atoms with van der Waals surface area (Å²) >= 11 is 0. The molecular formula is C27H35N5O2. The molecule has 1 atom stereocenters. The molecular weight excluding hydrogens is 426 g/mol. The summed E-state index contributed by atoms with van der Waals surface area (Å²) < 4.78 is 0. The van der Waals surface area contributed by atoms with Crippen molar-refractivity contribution < 1.29 is 9.59 Å². The van der Waals surface area contributed by atoms with E-state index < -0.39 is 12.2 Å². The molecule has 2 aliphatic heterocycles. The van der Waals surface area contributed by atoms with E-state index >= 15 is 0 Å². The third-order valence-electron chi connectivity index (χ3n) is 6.63. The van der Waals surface area contributed by atoms with Gasteiger partial charge in [-0.2, -0.15) is 0 Å². The van der Waals surface area contributed by atoms with Gasteiger partial charge in [0.05, 0.1) is 11.4 Å². The highest BCUT2D eigenvalue weighted by molar-refractivity contribution is 6.15. The summed E-state index contributed by atoms with van der Waals surface area (Å²) in [5, 5.41) is 0. The number of hydrogen-bond donors (Lipinski definition) is 1. The van der Waals surface area contributed by atoms with Crippen LogP contribution in [-0.2, 0) is 4.79 Å². The largest absolute Gasteiger partial charge is 0.351 e. The zero-order valence-corrected chi connectivity index (χ0v) is 20.6. The van der Waals surface area contributed by atoms with Crippen molar-refractivity contribution in [3.05, 3.63) is 59.7 Å². The van der Waals surface area contributed by atoms with Gasteiger partial charge in [0.1, 0.15) is 0 Å². The highest BCUT2D eigenvalue weighted by Crippen LogP contribution is 2.34. The Bertz CT molecular complexity index is 1090. The number of piperidine rings is 1. The number of aliphatic imine (C=N–C) groups is 1. The number of aryl methyl sites for hydroxylation is 1. The van der Waals surface area contributed by atoms with E-state index in [1.54, 1.807) is 11.0 Å². The van der Waals surface area contributed by atoms with E-state index in [2.05, 4.69) is 31.9 Å². The van der Waals surface area contributed by atoms with Crippen LogP contribution in [0.25, 0.3) is 0 Å². The summed E-state index contributed by atoms with van der Waals surface area (Å²) in [6.07, 6.45) is 0.853. The summed E-state index contributed by atoms with van der Waals surface area (Å²) in [5.41, 5.74) is 10.2. The lowest BCUT2D eigenvalue weighted by Gasteiger charge is -2.32. The van der Waals surface area contributed by atoms with E-state index in [0.29, 0.717) is 12.2 Å². The average molecular weight is 462 g/mol. The number of benzodiazepines with no additional fused rings is 1. The molecule has 0 aromatic heterocycles. The fraction of sp³-hybridized carbons (Fsp3) is 0.444. The van der Waals surface area contributed by atoms with Gasteiger partial charge in [-0.1, -0.05) is 44.2 Å². The van der Waals surface area contributed by atoms with Crippen LogP contribution in [0.1, 0.15) is 37.8 Å². The zero-order chi connectivity index (χ0) is 24.4. The molecule has 2 heterocycles. The number of rotatable bonds is 5. The van der Waals surface area contributed by atoms with Crippen molar-refractivity contribution >= 4 is 29.0 Å². The number of primary amides is 1. The highest BCUT2D eigenvalue weighted by Gasteiger charge is 2.39. The van der Waals surface area contributed by atoms with E-state index in [-0.39, 0.29) is 17.7 Å². The van der Waals surface area contributed by atoms with E-state index in [0.717, 1.165) is 48.5 Å². The summed E-state index contributed by atoms with van der Waals surface area (Å²) in [6, 6.07) is 14.8. The van der Waals surface area contributed by atoms with Crippen molar-refractivity contribution in [3.63, 3.8) is 0 Å². The topological polar surface area (TPSA) is 82.2 Å². The van der Waals surface area contributed by atoms with Gasteiger partial charge in [0.2, 0.25) is 6.17 Å². The van der Waals surface area contributed by atoms with Crippen LogP contribution in [-0.4, -0.2) is 55.4 Å². The Labute approximate surface area is 202 Å². The van der Waals surface area contributed by atoms with Gasteiger partial charge < -0.3 is 15.5 Å². The van der Waals surface area contributed by atoms with Crippen LogP contribution in [0, 0.1) is 18.8 Å². The minimum absolute atomic E-state index is 0.207. The quantitative estimate of drug-likeness (QED) is 0.730. The molecule has 7 heteroatoms. The van der Waals surface area contributed by atoms with Crippen LogP contribution < -0.4 is 15.5 Å². The number of likely N-dealkylation sites (tertiary alicyclic amines) is 1. The second kappa shape index (κ2) is 9.97. The SMILES string of the molecule is Cc1cccc(N(C(N)=O)C2N=C(C3CCN(C)CC3)c3ccccc3N(CC(C)C)C2=O)c1. The Morgan fingerprint density at radius 1 is 1.15 bits per heavy atom. The molecule has 4 rings (SSSR count). The summed E-state index contributed by atoms with van der Waals surface area (Å²) in [5.74, 6) is 0.215. The minimum atomic E-state index is -1.06. The third kappa shape index (κ3) is 4.85. The van der Waals surface area contributed by atoms with Crippen LogP contribution in [0.5, 0.6) is 0 Å². The van der Waals surface area contributed by atoms with Gasteiger partial charge in [-0.05, 0) is 69.6 Å². The highest BCUT2D eigenvalue weighted by atomic mass is 16.2. The maximum absolute atomic E-state index is 14.1. The predicted octanol–water partition coefficient (Wildman–Crippen LogP) is 4.04. The lowest BCUT2D eigenvalue weighted by Crippen LogP contribution is -2.52. The number of anilines is 2. The Morgan fingerprint density at radius 2 is 1.85 bits per heavy atom. The maximum Gasteiger partial charge on any atom is 0.321 e. The number of benzene rings is 2. The van der Waals surface area contributed by atoms with Gasteiger partial charge >= 0.3 is 6.03 Å². The summed E-state index contributed by atoms with van der Waals surface area (Å²) in [6.45, 7) is 8.59. The molecule has 2 aliphatic rings. The first-order valence-electron chi connectivity index (χ1n) is 12.1. The lowest BCUT2D eigenvalue weighted by molar-refractivity contribution is -0.119. The first-order chi connectivity index (χ1) is 16.3. The van der Waals surface area contributed by atoms with Gasteiger partial charge in [-0.25, -0.2) is 4.79 Å². The molecule has 0 aliphatic carbocycles. The van der Waals surface area contributed by atoms with E-state index in [9.17, 15) is 9.59 Å². The van der Waals surface area contributed by atoms with Crippen molar-refractivity contribution in [2.75, 3.05) is 36.5 Å². The van der Waals surface area contributed by atoms with Crippen LogP contribution >= 0.6 is 0 Å². The molecule has 1 unspecified atom stereocenters. The van der Waals surface area contributed by atoms with Crippen LogP contribution in [0.2, 0.25) is 0 Å². The average Bonchev–Trinajstić information content (AvgIpc) is 2.90. The number of nitrogens with two attached hydrogens (primary N) is 1. The summed E-state index contributed by atoms with van der Waals surface area (Å²) in [4.78, 5) is 37.4. The van der Waals surface area contributed by atoms with Gasteiger partial charge in [-0.3, -0.25) is 14.7 Å². The molecule has 7 nitrogen and oxygen atoms in total. The predicted molar refractivity (Wildman–Crippen MR) is 137 cm³/mol. The number of amides is 3. The first kappa shape index (κ1) is 24.0. The zero-order valence-electron chi connectivity index (χ0n) is 20.6. The van der Waals surface area contributed by atoms with Crippen molar-refractivity contribution in [3.8, 4) is 0 Å². The second-order valence-electron chi connectivity index (χ2n) is 9.87. The van der Waals surface area contributed by atoms with Crippen LogP contribution in [0.3, 0.4) is 0 Å². The molecule has 2 N–H and O–H groups in total. The monoisotopic (exact) mass is 461 g/mol. The normalized spacial score (nSPS) is 19.6. The first-order valence-corrected chi connectivity index (χ1v) is 12.1. The molecule has 3 amide bonds. The Morgan fingerprint density at radius 3 is 2.50 bits per heavy atom. The fourth-order valence-electron chi connectivity index (χ4n) is 4.94. The standard InChI is InChI=1S/C27H35N5O2/c1-18(2)17-31-23-11-6-5-10-22(23)24(20-12-14-30(4)15-13-20)29-25(26(31)33)32(27(28)34)21-9-7-8-19(3)16-21/h5-11,16,18,20,25H,12-15,17H2,1-4H3,(H2,28,34). The molecule has 34 heavy (non-hydrogen) atoms. The number of carbonyl (C=O) groups excluding carboxylic acids is 2. The molecule has 1 fully saturated rings. The number of fused-ring (bicyclic) bond motifs is 1. The van der Waals surface area contributed by atoms with Gasteiger partial charge in [0, 0.05) is 23.7 Å². The molecule has 1 saturated heterocycles. The van der Waals surface area contributed by atoms with E-state index in [1.165, 1.54) is 4.90 Å². The van der Waals surface area contributed by atoms with Crippen LogP contribution in [0.4, 0.5) is 16.2 Å². The summed E-state index contributed by atoms with van der Waals surface area (Å²) in [7, 11) is 2.13. The molecule has 0 spiro atoms. The maximum atomic E-state index is 14.1. The van der Waals surface area contributed by atoms with Crippen molar-refractivity contribution in [1.29, 1.82) is 0 Å². The third-order valence-corrected chi connectivity index (χ3v) is 6.63. The molecule has 0 radical (unpaired) electrons.